The molecule has 14 heavy (non-hydrogen) atoms. The average molecular weight is 203 g/mol. The number of oxime groups is 1. The van der Waals surface area contributed by atoms with Gasteiger partial charge in [-0.2, -0.15) is 0 Å². The molecule has 0 aliphatic heterocycles. The van der Waals surface area contributed by atoms with E-state index in [1.165, 1.54) is 0 Å². The summed E-state index contributed by atoms with van der Waals surface area (Å²) in [7, 11) is 0. The number of carbonyl (C=O) groups excluding carboxylic acids is 1. The maximum absolute atomic E-state index is 11.1. The minimum Gasteiger partial charge on any atom is -0.409 e. The van der Waals surface area contributed by atoms with Gasteiger partial charge < -0.3 is 21.0 Å². The number of rotatable bonds is 4. The Balaban J connectivity index is 3.67. The van der Waals surface area contributed by atoms with Crippen molar-refractivity contribution in [1.29, 1.82) is 0 Å². The maximum Gasteiger partial charge on any atom is 0.246 e. The second kappa shape index (κ2) is 5.43. The van der Waals surface area contributed by atoms with Gasteiger partial charge in [0.1, 0.15) is 6.61 Å². The second-order valence-electron chi connectivity index (χ2n) is 3.77. The van der Waals surface area contributed by atoms with Gasteiger partial charge >= 0.3 is 0 Å². The number of amidine groups is 1. The summed E-state index contributed by atoms with van der Waals surface area (Å²) in [6.45, 7) is 5.53. The van der Waals surface area contributed by atoms with E-state index in [9.17, 15) is 4.79 Å². The first-order valence-electron chi connectivity index (χ1n) is 4.22. The van der Waals surface area contributed by atoms with Gasteiger partial charge in [0.2, 0.25) is 5.91 Å². The van der Waals surface area contributed by atoms with Gasteiger partial charge in [-0.15, -0.1) is 0 Å². The average Bonchev–Trinajstić information content (AvgIpc) is 2.09. The van der Waals surface area contributed by atoms with Crippen LogP contribution < -0.4 is 11.1 Å². The maximum atomic E-state index is 11.1. The Morgan fingerprint density at radius 2 is 2.14 bits per heavy atom. The Labute approximate surface area is 83.1 Å². The summed E-state index contributed by atoms with van der Waals surface area (Å²) >= 11 is 0. The topological polar surface area (TPSA) is 96.9 Å². The zero-order valence-corrected chi connectivity index (χ0v) is 8.70. The summed E-state index contributed by atoms with van der Waals surface area (Å²) in [5.41, 5.74) is 4.79. The number of hydrogen-bond donors (Lipinski definition) is 3. The van der Waals surface area contributed by atoms with Gasteiger partial charge in [0.25, 0.3) is 0 Å². The molecule has 4 N–H and O–H groups in total. The lowest BCUT2D eigenvalue weighted by Crippen LogP contribution is -2.37. The minimum absolute atomic E-state index is 0.0167. The van der Waals surface area contributed by atoms with E-state index in [0.29, 0.717) is 0 Å². The molecule has 0 spiro atoms. The van der Waals surface area contributed by atoms with Crippen LogP contribution in [0.2, 0.25) is 0 Å². The van der Waals surface area contributed by atoms with E-state index in [2.05, 4.69) is 10.5 Å². The summed E-state index contributed by atoms with van der Waals surface area (Å²) < 4.78 is 5.20. The molecule has 0 saturated heterocycles. The highest BCUT2D eigenvalue weighted by Crippen LogP contribution is 2.05. The Bertz CT molecular complexity index is 220. The third-order valence-electron chi connectivity index (χ3n) is 1.23. The number of amides is 1. The van der Waals surface area contributed by atoms with E-state index in [-0.39, 0.29) is 30.5 Å². The van der Waals surface area contributed by atoms with Gasteiger partial charge in [-0.1, -0.05) is 5.16 Å². The van der Waals surface area contributed by atoms with E-state index in [0.717, 1.165) is 0 Å². The summed E-state index contributed by atoms with van der Waals surface area (Å²) in [5.74, 6) is -0.347. The van der Waals surface area contributed by atoms with Gasteiger partial charge in [0.05, 0.1) is 12.1 Å². The molecular weight excluding hydrogens is 186 g/mol. The van der Waals surface area contributed by atoms with Crippen LogP contribution in [-0.4, -0.2) is 35.7 Å². The summed E-state index contributed by atoms with van der Waals surface area (Å²) in [5, 5.41) is 13.3. The molecule has 0 saturated carbocycles. The molecule has 0 aromatic rings. The van der Waals surface area contributed by atoms with E-state index in [1.807, 2.05) is 20.8 Å². The summed E-state index contributed by atoms with van der Waals surface area (Å²) in [6.07, 6.45) is 0. The van der Waals surface area contributed by atoms with Crippen molar-refractivity contribution in [2.24, 2.45) is 10.9 Å². The summed E-state index contributed by atoms with van der Waals surface area (Å²) in [4.78, 5) is 11.1. The molecule has 1 amide bonds. The number of nitrogens with one attached hydrogen (secondary N) is 1. The number of nitrogens with zero attached hydrogens (tertiary/aromatic N) is 1. The van der Waals surface area contributed by atoms with Crippen LogP contribution in [-0.2, 0) is 9.53 Å². The van der Waals surface area contributed by atoms with E-state index in [1.54, 1.807) is 0 Å². The van der Waals surface area contributed by atoms with Crippen LogP contribution in [0.15, 0.2) is 5.16 Å². The predicted molar refractivity (Wildman–Crippen MR) is 52.1 cm³/mol. The van der Waals surface area contributed by atoms with Gasteiger partial charge in [0.15, 0.2) is 5.84 Å². The van der Waals surface area contributed by atoms with Crippen molar-refractivity contribution in [3.8, 4) is 0 Å². The second-order valence-corrected chi connectivity index (χ2v) is 3.77. The molecule has 82 valence electrons. The van der Waals surface area contributed by atoms with E-state index >= 15 is 0 Å². The Hall–Kier alpha value is -1.30. The molecule has 6 nitrogen and oxygen atoms in total. The highest BCUT2D eigenvalue weighted by molar-refractivity contribution is 5.87. The molecule has 0 radical (unpaired) electrons. The van der Waals surface area contributed by atoms with Crippen molar-refractivity contribution >= 4 is 11.7 Å². The zero-order chi connectivity index (χ0) is 11.2. The molecule has 0 heterocycles. The molecule has 0 fully saturated rings. The predicted octanol–water partition coefficient (Wildman–Crippen LogP) is -0.336. The number of nitrogens with two attached hydrogens (primary N) is 1. The van der Waals surface area contributed by atoms with Crippen LogP contribution in [0.3, 0.4) is 0 Å². The van der Waals surface area contributed by atoms with Crippen LogP contribution in [0, 0.1) is 0 Å². The number of ether oxygens (including phenoxy) is 1. The quantitative estimate of drug-likeness (QED) is 0.252. The highest BCUT2D eigenvalue weighted by Gasteiger charge is 2.12. The number of carbonyl (C=O) groups is 1. The minimum atomic E-state index is -0.353. The number of hydrogen-bond acceptors (Lipinski definition) is 4. The Kier molecular flexibility index (Phi) is 4.93. The molecule has 0 aliphatic rings. The molecule has 0 aromatic heterocycles. The SMILES string of the molecule is CC(C)(C)OCC(=O)NCC(N)=NO. The van der Waals surface area contributed by atoms with Crippen LogP contribution in [0.5, 0.6) is 0 Å². The molecular formula is C8H17N3O3. The Morgan fingerprint density at radius 3 is 2.57 bits per heavy atom. The van der Waals surface area contributed by atoms with Gasteiger partial charge in [-0.05, 0) is 20.8 Å². The fourth-order valence-electron chi connectivity index (χ4n) is 0.558. The molecule has 0 atom stereocenters. The zero-order valence-electron chi connectivity index (χ0n) is 8.70. The highest BCUT2D eigenvalue weighted by atomic mass is 16.5. The molecule has 0 unspecified atom stereocenters. The molecule has 0 rings (SSSR count). The van der Waals surface area contributed by atoms with E-state index in [4.69, 9.17) is 15.7 Å². The van der Waals surface area contributed by atoms with Gasteiger partial charge in [0, 0.05) is 0 Å². The van der Waals surface area contributed by atoms with Crippen LogP contribution in [0.25, 0.3) is 0 Å². The van der Waals surface area contributed by atoms with Crippen molar-refractivity contribution in [3.63, 3.8) is 0 Å². The van der Waals surface area contributed by atoms with Crippen molar-refractivity contribution in [2.45, 2.75) is 26.4 Å². The standard InChI is InChI=1S/C8H17N3O3/c1-8(2,3)14-5-7(12)10-4-6(9)11-13/h13H,4-5H2,1-3H3,(H2,9,11)(H,10,12). The summed E-state index contributed by atoms with van der Waals surface area (Å²) in [6, 6.07) is 0. The van der Waals surface area contributed by atoms with Crippen LogP contribution in [0.1, 0.15) is 20.8 Å². The molecule has 6 heteroatoms. The normalized spacial score (nSPS) is 12.6. The molecule has 0 aliphatic carbocycles. The van der Waals surface area contributed by atoms with Gasteiger partial charge in [-0.25, -0.2) is 0 Å². The lowest BCUT2D eigenvalue weighted by molar-refractivity contribution is -0.130. The smallest absolute Gasteiger partial charge is 0.246 e. The van der Waals surface area contributed by atoms with Crippen LogP contribution in [0.4, 0.5) is 0 Å². The lowest BCUT2D eigenvalue weighted by Gasteiger charge is -2.18. The van der Waals surface area contributed by atoms with Crippen molar-refractivity contribution in [3.05, 3.63) is 0 Å². The van der Waals surface area contributed by atoms with Crippen molar-refractivity contribution in [2.75, 3.05) is 13.2 Å². The van der Waals surface area contributed by atoms with Crippen LogP contribution >= 0.6 is 0 Å². The fraction of sp³-hybridized carbons (Fsp3) is 0.750. The fourth-order valence-corrected chi connectivity index (χ4v) is 0.558. The van der Waals surface area contributed by atoms with Gasteiger partial charge in [-0.3, -0.25) is 4.79 Å². The first-order valence-corrected chi connectivity index (χ1v) is 4.22. The third-order valence-corrected chi connectivity index (χ3v) is 1.23. The monoisotopic (exact) mass is 203 g/mol. The first-order chi connectivity index (χ1) is 6.35. The molecule has 0 bridgehead atoms. The van der Waals surface area contributed by atoms with E-state index < -0.39 is 0 Å². The lowest BCUT2D eigenvalue weighted by atomic mass is 10.2. The largest absolute Gasteiger partial charge is 0.409 e. The molecule has 0 aromatic carbocycles. The third kappa shape index (κ3) is 7.35. The van der Waals surface area contributed by atoms with Crippen molar-refractivity contribution < 1.29 is 14.7 Å². The first kappa shape index (κ1) is 12.7. The van der Waals surface area contributed by atoms with Crippen molar-refractivity contribution in [1.82, 2.24) is 5.32 Å². The Morgan fingerprint density at radius 1 is 1.57 bits per heavy atom.